The van der Waals surface area contributed by atoms with Crippen molar-refractivity contribution in [2.24, 2.45) is 5.92 Å². The second kappa shape index (κ2) is 7.05. The number of benzene rings is 2. The maximum atomic E-state index is 12.4. The van der Waals surface area contributed by atoms with E-state index in [1.165, 1.54) is 5.69 Å². The van der Waals surface area contributed by atoms with Crippen molar-refractivity contribution >= 4 is 11.6 Å². The number of hydrogen-bond donors (Lipinski definition) is 1. The summed E-state index contributed by atoms with van der Waals surface area (Å²) in [5.74, 6) is 1.77. The minimum Gasteiger partial charge on any atom is -0.486 e. The van der Waals surface area contributed by atoms with Gasteiger partial charge in [-0.05, 0) is 42.7 Å². The summed E-state index contributed by atoms with van der Waals surface area (Å²) < 4.78 is 11.0. The van der Waals surface area contributed by atoms with E-state index in [4.69, 9.17) is 9.47 Å². The van der Waals surface area contributed by atoms with Crippen molar-refractivity contribution < 1.29 is 14.3 Å². The van der Waals surface area contributed by atoms with Gasteiger partial charge in [-0.25, -0.2) is 0 Å². The molecule has 0 aliphatic carbocycles. The van der Waals surface area contributed by atoms with Crippen molar-refractivity contribution in [1.29, 1.82) is 0 Å². The van der Waals surface area contributed by atoms with E-state index >= 15 is 0 Å². The zero-order valence-electron chi connectivity index (χ0n) is 14.1. The Labute approximate surface area is 147 Å². The second-order valence-corrected chi connectivity index (χ2v) is 6.50. The fourth-order valence-electron chi connectivity index (χ4n) is 3.40. The number of hydrogen-bond acceptors (Lipinski definition) is 4. The molecule has 0 spiro atoms. The van der Waals surface area contributed by atoms with E-state index in [-0.39, 0.29) is 5.91 Å². The highest BCUT2D eigenvalue weighted by atomic mass is 16.6. The third kappa shape index (κ3) is 3.55. The van der Waals surface area contributed by atoms with Gasteiger partial charge in [-0.3, -0.25) is 4.79 Å². The average Bonchev–Trinajstić information content (AvgIpc) is 3.15. The lowest BCUT2D eigenvalue weighted by atomic mass is 10.1. The van der Waals surface area contributed by atoms with E-state index < -0.39 is 0 Å². The van der Waals surface area contributed by atoms with Gasteiger partial charge in [-0.1, -0.05) is 18.2 Å². The highest BCUT2D eigenvalue weighted by molar-refractivity contribution is 5.94. The molecule has 2 heterocycles. The summed E-state index contributed by atoms with van der Waals surface area (Å²) in [5, 5.41) is 3.06. The Hall–Kier alpha value is -2.69. The minimum atomic E-state index is -0.0601. The number of para-hydroxylation sites is 1. The van der Waals surface area contributed by atoms with Crippen LogP contribution in [0, 0.1) is 5.92 Å². The average molecular weight is 338 g/mol. The molecule has 1 saturated heterocycles. The molecule has 0 unspecified atom stereocenters. The fourth-order valence-corrected chi connectivity index (χ4v) is 3.40. The molecule has 5 heteroatoms. The van der Waals surface area contributed by atoms with E-state index in [2.05, 4.69) is 34.5 Å². The summed E-state index contributed by atoms with van der Waals surface area (Å²) in [7, 11) is 0. The molecule has 2 aliphatic rings. The molecule has 1 N–H and O–H groups in total. The molecule has 1 atom stereocenters. The molecule has 0 bridgehead atoms. The lowest BCUT2D eigenvalue weighted by molar-refractivity contribution is 0.0947. The van der Waals surface area contributed by atoms with Crippen LogP contribution in [0.1, 0.15) is 16.8 Å². The second-order valence-electron chi connectivity index (χ2n) is 6.50. The van der Waals surface area contributed by atoms with E-state index in [1.54, 1.807) is 18.2 Å². The molecular weight excluding hydrogens is 316 g/mol. The molecule has 0 radical (unpaired) electrons. The lowest BCUT2D eigenvalue weighted by Crippen LogP contribution is -2.31. The van der Waals surface area contributed by atoms with Gasteiger partial charge in [0.2, 0.25) is 0 Å². The van der Waals surface area contributed by atoms with E-state index in [0.29, 0.717) is 42.7 Å². The molecule has 1 fully saturated rings. The van der Waals surface area contributed by atoms with Crippen LogP contribution in [0.5, 0.6) is 11.5 Å². The van der Waals surface area contributed by atoms with Crippen molar-refractivity contribution in [2.45, 2.75) is 6.42 Å². The van der Waals surface area contributed by atoms with Crippen LogP contribution in [0.15, 0.2) is 48.5 Å². The predicted octanol–water partition coefficient (Wildman–Crippen LogP) is 2.71. The van der Waals surface area contributed by atoms with Gasteiger partial charge in [0.1, 0.15) is 13.2 Å². The van der Waals surface area contributed by atoms with Gasteiger partial charge < -0.3 is 19.7 Å². The van der Waals surface area contributed by atoms with Crippen molar-refractivity contribution in [2.75, 3.05) is 37.7 Å². The molecule has 130 valence electrons. The van der Waals surface area contributed by atoms with Crippen LogP contribution in [-0.4, -0.2) is 38.8 Å². The quantitative estimate of drug-likeness (QED) is 0.931. The molecule has 25 heavy (non-hydrogen) atoms. The monoisotopic (exact) mass is 338 g/mol. The summed E-state index contributed by atoms with van der Waals surface area (Å²) >= 11 is 0. The van der Waals surface area contributed by atoms with Crippen LogP contribution in [0.4, 0.5) is 5.69 Å². The number of amides is 1. The Balaban J connectivity index is 1.32. The SMILES string of the molecule is O=C(NC[C@@H]1CCN(c2ccccc2)C1)c1ccc2c(c1)OCCO2. The standard InChI is InChI=1S/C20H22N2O3/c23-20(16-6-7-18-19(12-16)25-11-10-24-18)21-13-15-8-9-22(14-15)17-4-2-1-3-5-17/h1-7,12,15H,8-11,13-14H2,(H,21,23)/t15-/m0/s1. The summed E-state index contributed by atoms with van der Waals surface area (Å²) in [6.45, 7) is 3.78. The van der Waals surface area contributed by atoms with Crippen LogP contribution in [-0.2, 0) is 0 Å². The zero-order valence-corrected chi connectivity index (χ0v) is 14.1. The molecule has 2 aromatic carbocycles. The van der Waals surface area contributed by atoms with Gasteiger partial charge in [0.05, 0.1) is 0 Å². The Morgan fingerprint density at radius 2 is 1.88 bits per heavy atom. The first-order valence-corrected chi connectivity index (χ1v) is 8.77. The summed E-state index contributed by atoms with van der Waals surface area (Å²) in [6.07, 6.45) is 1.09. The Bertz CT molecular complexity index is 748. The summed E-state index contributed by atoms with van der Waals surface area (Å²) in [4.78, 5) is 14.8. The smallest absolute Gasteiger partial charge is 0.251 e. The molecule has 2 aliphatic heterocycles. The van der Waals surface area contributed by atoms with Crippen LogP contribution in [0.2, 0.25) is 0 Å². The van der Waals surface area contributed by atoms with Gasteiger partial charge in [0, 0.05) is 30.9 Å². The number of rotatable bonds is 4. The first kappa shape index (κ1) is 15.8. The molecular formula is C20H22N2O3. The molecule has 0 aromatic heterocycles. The number of carbonyl (C=O) groups excluding carboxylic acids is 1. The highest BCUT2D eigenvalue weighted by Crippen LogP contribution is 2.30. The largest absolute Gasteiger partial charge is 0.486 e. The topological polar surface area (TPSA) is 50.8 Å². The predicted molar refractivity (Wildman–Crippen MR) is 96.5 cm³/mol. The molecule has 1 amide bonds. The Morgan fingerprint density at radius 3 is 2.72 bits per heavy atom. The summed E-state index contributed by atoms with van der Waals surface area (Å²) in [5.41, 5.74) is 1.87. The van der Waals surface area contributed by atoms with Crippen LogP contribution < -0.4 is 19.7 Å². The maximum absolute atomic E-state index is 12.4. The zero-order chi connectivity index (χ0) is 17.1. The van der Waals surface area contributed by atoms with Crippen molar-refractivity contribution in [3.8, 4) is 11.5 Å². The Morgan fingerprint density at radius 1 is 1.08 bits per heavy atom. The normalized spacial score (nSPS) is 18.9. The lowest BCUT2D eigenvalue weighted by Gasteiger charge is -2.19. The molecule has 0 saturated carbocycles. The highest BCUT2D eigenvalue weighted by Gasteiger charge is 2.23. The van der Waals surface area contributed by atoms with E-state index in [0.717, 1.165) is 19.5 Å². The van der Waals surface area contributed by atoms with Gasteiger partial charge in [-0.2, -0.15) is 0 Å². The molecule has 5 nitrogen and oxygen atoms in total. The van der Waals surface area contributed by atoms with Crippen LogP contribution in [0.25, 0.3) is 0 Å². The van der Waals surface area contributed by atoms with E-state index in [1.807, 2.05) is 6.07 Å². The van der Waals surface area contributed by atoms with Crippen molar-refractivity contribution in [1.82, 2.24) is 5.32 Å². The molecule has 2 aromatic rings. The van der Waals surface area contributed by atoms with Gasteiger partial charge in [0.15, 0.2) is 11.5 Å². The third-order valence-electron chi connectivity index (χ3n) is 4.76. The molecule has 4 rings (SSSR count). The number of anilines is 1. The first-order chi connectivity index (χ1) is 12.3. The van der Waals surface area contributed by atoms with E-state index in [9.17, 15) is 4.79 Å². The number of nitrogens with zero attached hydrogens (tertiary/aromatic N) is 1. The number of fused-ring (bicyclic) bond motifs is 1. The number of nitrogens with one attached hydrogen (secondary N) is 1. The van der Waals surface area contributed by atoms with Gasteiger partial charge in [-0.15, -0.1) is 0 Å². The van der Waals surface area contributed by atoms with Crippen molar-refractivity contribution in [3.63, 3.8) is 0 Å². The number of carbonyl (C=O) groups is 1. The Kier molecular flexibility index (Phi) is 4.46. The van der Waals surface area contributed by atoms with Gasteiger partial charge >= 0.3 is 0 Å². The van der Waals surface area contributed by atoms with Crippen LogP contribution >= 0.6 is 0 Å². The maximum Gasteiger partial charge on any atom is 0.251 e. The first-order valence-electron chi connectivity index (χ1n) is 8.77. The van der Waals surface area contributed by atoms with Crippen LogP contribution in [0.3, 0.4) is 0 Å². The van der Waals surface area contributed by atoms with Crippen molar-refractivity contribution in [3.05, 3.63) is 54.1 Å². The minimum absolute atomic E-state index is 0.0601. The number of ether oxygens (including phenoxy) is 2. The summed E-state index contributed by atoms with van der Waals surface area (Å²) in [6, 6.07) is 15.8. The third-order valence-corrected chi connectivity index (χ3v) is 4.76. The van der Waals surface area contributed by atoms with Gasteiger partial charge in [0.25, 0.3) is 5.91 Å². The fraction of sp³-hybridized carbons (Fsp3) is 0.350.